The van der Waals surface area contributed by atoms with Crippen molar-refractivity contribution in [3.63, 3.8) is 0 Å². The Morgan fingerprint density at radius 3 is 2.58 bits per heavy atom. The van der Waals surface area contributed by atoms with Crippen LogP contribution in [0, 0.1) is 0 Å². The quantitative estimate of drug-likeness (QED) is 0.596. The van der Waals surface area contributed by atoms with E-state index in [0.717, 1.165) is 24.3 Å². The van der Waals surface area contributed by atoms with Crippen molar-refractivity contribution >= 4 is 5.71 Å². The van der Waals surface area contributed by atoms with Crippen LogP contribution in [0.1, 0.15) is 39.0 Å². The number of nitrogens with two attached hydrogens (primary N) is 1. The largest absolute Gasteiger partial charge is 0.402 e. The molecular formula is C10H18N2. The first-order valence-electron chi connectivity index (χ1n) is 4.67. The molecule has 12 heavy (non-hydrogen) atoms. The van der Waals surface area contributed by atoms with Crippen LogP contribution in [0.25, 0.3) is 0 Å². The third-order valence-electron chi connectivity index (χ3n) is 2.53. The summed E-state index contributed by atoms with van der Waals surface area (Å²) in [4.78, 5) is 4.18. The average Bonchev–Trinajstić information content (AvgIpc) is 2.28. The summed E-state index contributed by atoms with van der Waals surface area (Å²) < 4.78 is 0. The van der Waals surface area contributed by atoms with Gasteiger partial charge in [0.05, 0.1) is 0 Å². The first-order valence-corrected chi connectivity index (χ1v) is 4.67. The Balaban J connectivity index is 2.81. The van der Waals surface area contributed by atoms with E-state index in [9.17, 15) is 0 Å². The predicted octanol–water partition coefficient (Wildman–Crippen LogP) is 2.25. The number of rotatable bonds is 1. The van der Waals surface area contributed by atoms with Gasteiger partial charge in [-0.1, -0.05) is 6.42 Å². The van der Waals surface area contributed by atoms with E-state index in [2.05, 4.69) is 4.99 Å². The van der Waals surface area contributed by atoms with Gasteiger partial charge in [-0.05, 0) is 38.2 Å². The lowest BCUT2D eigenvalue weighted by atomic mass is 10.0. The van der Waals surface area contributed by atoms with E-state index in [0.29, 0.717) is 0 Å². The molecule has 0 bridgehead atoms. The number of allylic oxidation sites excluding steroid dienone is 2. The van der Waals surface area contributed by atoms with Gasteiger partial charge >= 0.3 is 0 Å². The summed E-state index contributed by atoms with van der Waals surface area (Å²) in [5, 5.41) is 0. The average molecular weight is 166 g/mol. The lowest BCUT2D eigenvalue weighted by Crippen LogP contribution is -2.07. The molecule has 1 aliphatic carbocycles. The molecule has 2 nitrogen and oxygen atoms in total. The molecule has 0 atom stereocenters. The summed E-state index contributed by atoms with van der Waals surface area (Å²) >= 11 is 0. The van der Waals surface area contributed by atoms with Gasteiger partial charge in [-0.15, -0.1) is 0 Å². The summed E-state index contributed by atoms with van der Waals surface area (Å²) in [6.07, 6.45) is 5.99. The van der Waals surface area contributed by atoms with Gasteiger partial charge in [-0.25, -0.2) is 0 Å². The Morgan fingerprint density at radius 2 is 1.92 bits per heavy atom. The lowest BCUT2D eigenvalue weighted by molar-refractivity contribution is 0.707. The minimum Gasteiger partial charge on any atom is -0.402 e. The van der Waals surface area contributed by atoms with E-state index in [1.165, 1.54) is 24.8 Å². The van der Waals surface area contributed by atoms with Crippen molar-refractivity contribution < 1.29 is 0 Å². The van der Waals surface area contributed by atoms with Crippen molar-refractivity contribution in [2.45, 2.75) is 39.0 Å². The summed E-state index contributed by atoms with van der Waals surface area (Å²) in [5.74, 6) is 0. The van der Waals surface area contributed by atoms with E-state index in [-0.39, 0.29) is 0 Å². The molecule has 0 saturated carbocycles. The van der Waals surface area contributed by atoms with Gasteiger partial charge in [0.1, 0.15) is 0 Å². The minimum absolute atomic E-state index is 1.06. The maximum Gasteiger partial charge on any atom is 0.0362 e. The van der Waals surface area contributed by atoms with Gasteiger partial charge in [0.25, 0.3) is 0 Å². The number of aliphatic imine (C=N–C) groups is 1. The summed E-state index contributed by atoms with van der Waals surface area (Å²) in [5.41, 5.74) is 9.44. The Morgan fingerprint density at radius 1 is 1.25 bits per heavy atom. The van der Waals surface area contributed by atoms with Crippen molar-refractivity contribution in [3.05, 3.63) is 11.3 Å². The molecule has 0 aromatic rings. The number of nitrogens with zero attached hydrogens (tertiary/aromatic N) is 1. The molecule has 0 radical (unpaired) electrons. The van der Waals surface area contributed by atoms with Crippen molar-refractivity contribution in [1.29, 1.82) is 0 Å². The Bertz CT molecular complexity index is 214. The molecule has 0 unspecified atom stereocenters. The van der Waals surface area contributed by atoms with Crippen molar-refractivity contribution in [2.24, 2.45) is 10.7 Å². The summed E-state index contributed by atoms with van der Waals surface area (Å²) in [7, 11) is 1.83. The number of hydrogen-bond donors (Lipinski definition) is 1. The SMILES string of the molecule is CN=C(C)C1=C(N)CCCCC1. The zero-order valence-corrected chi connectivity index (χ0v) is 8.06. The van der Waals surface area contributed by atoms with Crippen molar-refractivity contribution in [1.82, 2.24) is 0 Å². The monoisotopic (exact) mass is 166 g/mol. The van der Waals surface area contributed by atoms with Crippen molar-refractivity contribution in [2.75, 3.05) is 7.05 Å². The van der Waals surface area contributed by atoms with Gasteiger partial charge in [-0.3, -0.25) is 4.99 Å². The van der Waals surface area contributed by atoms with Gasteiger partial charge in [0.15, 0.2) is 0 Å². The Hall–Kier alpha value is -0.790. The molecular weight excluding hydrogens is 148 g/mol. The summed E-state index contributed by atoms with van der Waals surface area (Å²) in [6.45, 7) is 2.05. The van der Waals surface area contributed by atoms with Crippen LogP contribution in [0.15, 0.2) is 16.3 Å². The van der Waals surface area contributed by atoms with E-state index in [1.807, 2.05) is 14.0 Å². The molecule has 1 rings (SSSR count). The molecule has 0 aliphatic heterocycles. The summed E-state index contributed by atoms with van der Waals surface area (Å²) in [6, 6.07) is 0. The molecule has 0 spiro atoms. The van der Waals surface area contributed by atoms with Crippen LogP contribution in [0.3, 0.4) is 0 Å². The first-order chi connectivity index (χ1) is 5.75. The molecule has 0 amide bonds. The number of hydrogen-bond acceptors (Lipinski definition) is 2. The molecule has 0 saturated heterocycles. The molecule has 2 heteroatoms. The standard InChI is InChI=1S/C10H18N2/c1-8(12-2)9-6-4-3-5-7-10(9)11/h3-7,11H2,1-2H3. The van der Waals surface area contributed by atoms with Crippen LogP contribution in [-0.2, 0) is 0 Å². The zero-order valence-electron chi connectivity index (χ0n) is 8.06. The van der Waals surface area contributed by atoms with Gasteiger partial charge < -0.3 is 5.73 Å². The zero-order chi connectivity index (χ0) is 8.97. The smallest absolute Gasteiger partial charge is 0.0362 e. The van der Waals surface area contributed by atoms with Crippen LogP contribution < -0.4 is 5.73 Å². The fraction of sp³-hybridized carbons (Fsp3) is 0.700. The van der Waals surface area contributed by atoms with E-state index in [1.54, 1.807) is 0 Å². The highest BCUT2D eigenvalue weighted by molar-refractivity contribution is 5.98. The second kappa shape index (κ2) is 4.29. The highest BCUT2D eigenvalue weighted by Crippen LogP contribution is 2.21. The second-order valence-electron chi connectivity index (χ2n) is 3.37. The fourth-order valence-electron chi connectivity index (χ4n) is 1.65. The van der Waals surface area contributed by atoms with E-state index < -0.39 is 0 Å². The lowest BCUT2D eigenvalue weighted by Gasteiger charge is -2.07. The maximum absolute atomic E-state index is 5.95. The normalized spacial score (nSPS) is 21.0. The molecule has 0 aromatic carbocycles. The minimum atomic E-state index is 1.06. The highest BCUT2D eigenvalue weighted by Gasteiger charge is 2.10. The highest BCUT2D eigenvalue weighted by atomic mass is 14.7. The van der Waals surface area contributed by atoms with Crippen LogP contribution in [0.4, 0.5) is 0 Å². The third-order valence-corrected chi connectivity index (χ3v) is 2.53. The molecule has 1 aliphatic rings. The Labute approximate surface area is 74.6 Å². The van der Waals surface area contributed by atoms with Gasteiger partial charge in [0, 0.05) is 18.5 Å². The van der Waals surface area contributed by atoms with E-state index in [4.69, 9.17) is 5.73 Å². The first kappa shape index (κ1) is 9.30. The fourth-order valence-corrected chi connectivity index (χ4v) is 1.65. The molecule has 2 N–H and O–H groups in total. The van der Waals surface area contributed by atoms with Gasteiger partial charge in [-0.2, -0.15) is 0 Å². The van der Waals surface area contributed by atoms with Gasteiger partial charge in [0.2, 0.25) is 0 Å². The maximum atomic E-state index is 5.95. The third kappa shape index (κ3) is 2.10. The predicted molar refractivity (Wildman–Crippen MR) is 53.3 cm³/mol. The molecule has 0 heterocycles. The molecule has 0 fully saturated rings. The Kier molecular flexibility index (Phi) is 3.32. The van der Waals surface area contributed by atoms with Crippen LogP contribution in [0.5, 0.6) is 0 Å². The van der Waals surface area contributed by atoms with Crippen LogP contribution in [0.2, 0.25) is 0 Å². The van der Waals surface area contributed by atoms with Crippen LogP contribution in [-0.4, -0.2) is 12.8 Å². The molecule has 68 valence electrons. The molecule has 0 aromatic heterocycles. The van der Waals surface area contributed by atoms with Crippen molar-refractivity contribution in [3.8, 4) is 0 Å². The van der Waals surface area contributed by atoms with Crippen LogP contribution >= 0.6 is 0 Å². The second-order valence-corrected chi connectivity index (χ2v) is 3.37. The van der Waals surface area contributed by atoms with E-state index >= 15 is 0 Å². The topological polar surface area (TPSA) is 38.4 Å².